The van der Waals surface area contributed by atoms with Crippen LogP contribution in [0, 0.1) is 0 Å². The van der Waals surface area contributed by atoms with E-state index in [2.05, 4.69) is 11.1 Å². The number of hydrogen-bond acceptors (Lipinski definition) is 3. The fourth-order valence-electron chi connectivity index (χ4n) is 4.51. The maximum absolute atomic E-state index is 13.3. The molecule has 1 amide bonds. The summed E-state index contributed by atoms with van der Waals surface area (Å²) in [5.41, 5.74) is 3.13. The maximum atomic E-state index is 13.3. The molecule has 0 saturated carbocycles. The van der Waals surface area contributed by atoms with Gasteiger partial charge in [-0.25, -0.2) is 4.79 Å². The molecule has 32 heavy (non-hydrogen) atoms. The molecular weight excluding hydrogens is 447 g/mol. The fraction of sp³-hybridized carbons (Fsp3) is 0.240. The van der Waals surface area contributed by atoms with Gasteiger partial charge in [0.1, 0.15) is 17.5 Å². The number of benzene rings is 2. The molecule has 0 spiro atoms. The Morgan fingerprint density at radius 1 is 1.03 bits per heavy atom. The first-order valence-electron chi connectivity index (χ1n) is 10.5. The van der Waals surface area contributed by atoms with E-state index < -0.39 is 6.09 Å². The lowest BCUT2D eigenvalue weighted by molar-refractivity contribution is 0.135. The second-order valence-electron chi connectivity index (χ2n) is 7.89. The molecule has 1 aliphatic heterocycles. The third kappa shape index (κ3) is 3.76. The summed E-state index contributed by atoms with van der Waals surface area (Å²) < 4.78 is 11.0. The monoisotopic (exact) mass is 468 g/mol. The highest BCUT2D eigenvalue weighted by atomic mass is 35.5. The number of methoxy groups -OCH3 is 1. The third-order valence-corrected chi connectivity index (χ3v) is 6.65. The van der Waals surface area contributed by atoms with Crippen molar-refractivity contribution in [3.8, 4) is 11.5 Å². The summed E-state index contributed by atoms with van der Waals surface area (Å²) in [6.07, 6.45) is 4.22. The van der Waals surface area contributed by atoms with E-state index in [1.807, 2.05) is 24.3 Å². The molecule has 1 unspecified atom stereocenters. The second-order valence-corrected chi connectivity index (χ2v) is 8.79. The molecule has 164 valence electrons. The number of aromatic nitrogens is 1. The van der Waals surface area contributed by atoms with Crippen molar-refractivity contribution in [1.29, 1.82) is 0 Å². The highest BCUT2D eigenvalue weighted by molar-refractivity contribution is 6.45. The van der Waals surface area contributed by atoms with Crippen molar-refractivity contribution in [1.82, 2.24) is 9.88 Å². The summed E-state index contributed by atoms with van der Waals surface area (Å²) in [7, 11) is 1.64. The molecular formula is C25H22Cl2N2O3. The molecule has 5 nitrogen and oxygen atoms in total. The van der Waals surface area contributed by atoms with Gasteiger partial charge in [0.2, 0.25) is 0 Å². The van der Waals surface area contributed by atoms with Gasteiger partial charge >= 0.3 is 6.09 Å². The molecule has 1 aliphatic carbocycles. The third-order valence-electron chi connectivity index (χ3n) is 6.02. The first-order valence-corrected chi connectivity index (χ1v) is 11.3. The van der Waals surface area contributed by atoms with Crippen LogP contribution in [0.2, 0.25) is 5.02 Å². The SMILES string of the molecule is COc1ccc(C2c3[nH]c4c(c3CCN2C(=O)Oc2ccc(Cl)cc2)=C(Cl)CCC=4)cc1. The van der Waals surface area contributed by atoms with Gasteiger partial charge in [0.25, 0.3) is 0 Å². The van der Waals surface area contributed by atoms with Crippen LogP contribution in [0.3, 0.4) is 0 Å². The van der Waals surface area contributed by atoms with Crippen LogP contribution in [-0.2, 0) is 6.42 Å². The molecule has 5 rings (SSSR count). The van der Waals surface area contributed by atoms with Crippen LogP contribution < -0.4 is 20.0 Å². The Bertz CT molecular complexity index is 1280. The summed E-state index contributed by atoms with van der Waals surface area (Å²) in [6, 6.07) is 14.2. The van der Waals surface area contributed by atoms with E-state index in [9.17, 15) is 4.79 Å². The van der Waals surface area contributed by atoms with Crippen molar-refractivity contribution in [2.45, 2.75) is 25.3 Å². The Balaban J connectivity index is 1.58. The zero-order chi connectivity index (χ0) is 22.2. The number of ether oxygens (including phenoxy) is 2. The van der Waals surface area contributed by atoms with Crippen molar-refractivity contribution >= 4 is 40.4 Å². The van der Waals surface area contributed by atoms with Crippen LogP contribution in [0.15, 0.2) is 48.5 Å². The van der Waals surface area contributed by atoms with E-state index in [0.29, 0.717) is 23.7 Å². The van der Waals surface area contributed by atoms with Gasteiger partial charge in [-0.05, 0) is 66.8 Å². The van der Waals surface area contributed by atoms with E-state index in [1.54, 1.807) is 36.3 Å². The lowest BCUT2D eigenvalue weighted by atomic mass is 9.92. The van der Waals surface area contributed by atoms with Crippen LogP contribution in [0.4, 0.5) is 4.79 Å². The van der Waals surface area contributed by atoms with Crippen molar-refractivity contribution in [3.63, 3.8) is 0 Å². The van der Waals surface area contributed by atoms with E-state index in [4.69, 9.17) is 32.7 Å². The molecule has 0 bridgehead atoms. The molecule has 1 N–H and O–H groups in total. The Kier molecular flexibility index (Phi) is 5.62. The van der Waals surface area contributed by atoms with Crippen molar-refractivity contribution in [3.05, 3.63) is 80.9 Å². The van der Waals surface area contributed by atoms with Crippen LogP contribution in [0.1, 0.15) is 35.7 Å². The fourth-order valence-corrected chi connectivity index (χ4v) is 4.96. The number of rotatable bonds is 3. The topological polar surface area (TPSA) is 54.6 Å². The van der Waals surface area contributed by atoms with E-state index in [1.165, 1.54) is 5.56 Å². The first kappa shape index (κ1) is 21.0. The molecule has 0 radical (unpaired) electrons. The minimum absolute atomic E-state index is 0.326. The number of nitrogens with one attached hydrogen (secondary N) is 1. The average Bonchev–Trinajstić information content (AvgIpc) is 3.20. The van der Waals surface area contributed by atoms with Gasteiger partial charge in [-0.15, -0.1) is 0 Å². The average molecular weight is 469 g/mol. The van der Waals surface area contributed by atoms with Crippen molar-refractivity contribution in [2.75, 3.05) is 13.7 Å². The second kappa shape index (κ2) is 8.57. The molecule has 3 aromatic rings. The van der Waals surface area contributed by atoms with Crippen molar-refractivity contribution < 1.29 is 14.3 Å². The molecule has 7 heteroatoms. The molecule has 0 saturated heterocycles. The van der Waals surface area contributed by atoms with E-state index in [0.717, 1.165) is 45.4 Å². The summed E-state index contributed by atoms with van der Waals surface area (Å²) >= 11 is 12.6. The molecule has 1 atom stereocenters. The van der Waals surface area contributed by atoms with Gasteiger partial charge in [-0.3, -0.25) is 4.90 Å². The number of nitrogens with zero attached hydrogens (tertiary/aromatic N) is 1. The number of H-pyrrole nitrogens is 1. The minimum atomic E-state index is -0.412. The quantitative estimate of drug-likeness (QED) is 0.603. The number of fused-ring (bicyclic) bond motifs is 3. The number of carbonyl (C=O) groups is 1. The van der Waals surface area contributed by atoms with E-state index >= 15 is 0 Å². The number of amides is 1. The van der Waals surface area contributed by atoms with Gasteiger partial charge in [0.05, 0.1) is 7.11 Å². The lowest BCUT2D eigenvalue weighted by Crippen LogP contribution is -2.43. The predicted molar refractivity (Wildman–Crippen MR) is 126 cm³/mol. The zero-order valence-electron chi connectivity index (χ0n) is 17.5. The number of carbonyl (C=O) groups excluding carboxylic acids is 1. The highest BCUT2D eigenvalue weighted by Gasteiger charge is 2.36. The summed E-state index contributed by atoms with van der Waals surface area (Å²) in [4.78, 5) is 18.6. The van der Waals surface area contributed by atoms with Gasteiger partial charge in [-0.1, -0.05) is 41.4 Å². The molecule has 1 aromatic heterocycles. The molecule has 0 fully saturated rings. The summed E-state index contributed by atoms with van der Waals surface area (Å²) in [5, 5.41) is 3.60. The number of aromatic amines is 1. The van der Waals surface area contributed by atoms with Gasteiger partial charge in [0.15, 0.2) is 0 Å². The Morgan fingerprint density at radius 2 is 1.75 bits per heavy atom. The lowest BCUT2D eigenvalue weighted by Gasteiger charge is -2.35. The molecule has 2 aromatic carbocycles. The predicted octanol–water partition coefficient (Wildman–Crippen LogP) is 4.74. The van der Waals surface area contributed by atoms with Gasteiger partial charge in [-0.2, -0.15) is 0 Å². The van der Waals surface area contributed by atoms with Gasteiger partial charge in [0, 0.05) is 32.9 Å². The van der Waals surface area contributed by atoms with Crippen LogP contribution in [-0.4, -0.2) is 29.6 Å². The van der Waals surface area contributed by atoms with E-state index in [-0.39, 0.29) is 6.04 Å². The summed E-state index contributed by atoms with van der Waals surface area (Å²) in [6.45, 7) is 0.518. The molecule has 2 aliphatic rings. The minimum Gasteiger partial charge on any atom is -0.497 e. The Hall–Kier alpha value is -2.89. The number of hydrogen-bond donors (Lipinski definition) is 1. The van der Waals surface area contributed by atoms with Gasteiger partial charge < -0.3 is 14.5 Å². The summed E-state index contributed by atoms with van der Waals surface area (Å²) in [5.74, 6) is 1.21. The standard InChI is InChI=1S/C25H22Cl2N2O3/c1-31-17-9-5-15(6-10-17)24-23-19(22-20(27)3-2-4-21(22)28-23)13-14-29(24)25(30)32-18-11-7-16(26)8-12-18/h4-12,24,28H,2-3,13-14H2,1H3. The first-order chi connectivity index (χ1) is 15.5. The zero-order valence-corrected chi connectivity index (χ0v) is 19.0. The van der Waals surface area contributed by atoms with Crippen molar-refractivity contribution in [2.24, 2.45) is 0 Å². The van der Waals surface area contributed by atoms with Crippen LogP contribution in [0.5, 0.6) is 11.5 Å². The maximum Gasteiger partial charge on any atom is 0.416 e. The normalized spacial score (nSPS) is 17.3. The Morgan fingerprint density at radius 3 is 2.47 bits per heavy atom. The number of halogens is 2. The van der Waals surface area contributed by atoms with Crippen LogP contribution >= 0.6 is 23.2 Å². The largest absolute Gasteiger partial charge is 0.497 e. The van der Waals surface area contributed by atoms with Crippen LogP contribution in [0.25, 0.3) is 11.1 Å². The Labute approximate surface area is 195 Å². The highest BCUT2D eigenvalue weighted by Crippen LogP contribution is 2.35. The smallest absolute Gasteiger partial charge is 0.416 e. The molecule has 2 heterocycles.